The quantitative estimate of drug-likeness (QED) is 0.764. The van der Waals surface area contributed by atoms with Gasteiger partial charge in [0.15, 0.2) is 24.2 Å². The van der Waals surface area contributed by atoms with E-state index in [1.807, 2.05) is 6.07 Å². The molecule has 1 amide bonds. The van der Waals surface area contributed by atoms with Crippen LogP contribution in [0, 0.1) is 11.3 Å². The maximum atomic E-state index is 12.2. The molecule has 1 atom stereocenters. The zero-order chi connectivity index (χ0) is 19.9. The van der Waals surface area contributed by atoms with Crippen LogP contribution in [0.2, 0.25) is 0 Å². The minimum Gasteiger partial charge on any atom is -0.486 e. The van der Waals surface area contributed by atoms with Crippen molar-refractivity contribution in [2.24, 2.45) is 0 Å². The highest BCUT2D eigenvalue weighted by molar-refractivity contribution is 5.95. The lowest BCUT2D eigenvalue weighted by Crippen LogP contribution is -2.31. The summed E-state index contributed by atoms with van der Waals surface area (Å²) in [5, 5.41) is 11.4. The lowest BCUT2D eigenvalue weighted by atomic mass is 10.2. The summed E-state index contributed by atoms with van der Waals surface area (Å²) >= 11 is 0. The molecule has 2 aromatic carbocycles. The zero-order valence-electron chi connectivity index (χ0n) is 15.1. The Balaban J connectivity index is 1.48. The largest absolute Gasteiger partial charge is 0.486 e. The summed E-state index contributed by atoms with van der Waals surface area (Å²) in [4.78, 5) is 24.1. The number of esters is 1. The van der Waals surface area contributed by atoms with Gasteiger partial charge in [-0.15, -0.1) is 0 Å². The third kappa shape index (κ3) is 4.92. The highest BCUT2D eigenvalue weighted by Gasteiger charge is 2.19. The first kappa shape index (κ1) is 19.0. The van der Waals surface area contributed by atoms with Gasteiger partial charge in [0.1, 0.15) is 19.0 Å². The Labute approximate surface area is 161 Å². The predicted molar refractivity (Wildman–Crippen MR) is 98.3 cm³/mol. The number of rotatable bonds is 6. The Morgan fingerprint density at radius 2 is 1.86 bits per heavy atom. The molecule has 144 valence electrons. The molecular weight excluding hydrogens is 364 g/mol. The number of anilines is 1. The number of benzene rings is 2. The van der Waals surface area contributed by atoms with Crippen LogP contribution in [-0.4, -0.2) is 37.8 Å². The maximum absolute atomic E-state index is 12.2. The van der Waals surface area contributed by atoms with Gasteiger partial charge in [0.25, 0.3) is 5.91 Å². The van der Waals surface area contributed by atoms with E-state index >= 15 is 0 Å². The summed E-state index contributed by atoms with van der Waals surface area (Å²) in [6.07, 6.45) is -1.01. The van der Waals surface area contributed by atoms with Crippen LogP contribution in [-0.2, 0) is 14.3 Å². The van der Waals surface area contributed by atoms with E-state index in [9.17, 15) is 9.59 Å². The Kier molecular flexibility index (Phi) is 5.97. The van der Waals surface area contributed by atoms with E-state index in [4.69, 9.17) is 24.2 Å². The van der Waals surface area contributed by atoms with Crippen LogP contribution in [0.15, 0.2) is 42.5 Å². The standard InChI is InChI=1S/C20H18N2O6/c1-13(28-19(23)12-27-16-5-2-14(11-21)3-6-16)20(24)22-15-4-7-17-18(10-15)26-9-8-25-17/h2-7,10,13H,8-9,12H2,1H3,(H,22,24)/t13-/m1/s1. The van der Waals surface area contributed by atoms with Gasteiger partial charge in [0.05, 0.1) is 11.6 Å². The number of fused-ring (bicyclic) bond motifs is 1. The second kappa shape index (κ2) is 8.77. The maximum Gasteiger partial charge on any atom is 0.344 e. The van der Waals surface area contributed by atoms with Crippen molar-refractivity contribution in [3.63, 3.8) is 0 Å². The van der Waals surface area contributed by atoms with Gasteiger partial charge in [-0.25, -0.2) is 4.79 Å². The number of nitriles is 1. The molecule has 0 radical (unpaired) electrons. The molecule has 0 saturated carbocycles. The highest BCUT2D eigenvalue weighted by Crippen LogP contribution is 2.32. The van der Waals surface area contributed by atoms with E-state index < -0.39 is 18.0 Å². The van der Waals surface area contributed by atoms with Crippen LogP contribution in [0.1, 0.15) is 12.5 Å². The molecule has 0 aliphatic carbocycles. The molecule has 0 spiro atoms. The van der Waals surface area contributed by atoms with Gasteiger partial charge < -0.3 is 24.3 Å². The second-order valence-corrected chi connectivity index (χ2v) is 5.90. The molecule has 0 saturated heterocycles. The average molecular weight is 382 g/mol. The summed E-state index contributed by atoms with van der Waals surface area (Å²) in [6.45, 7) is 2.04. The summed E-state index contributed by atoms with van der Waals surface area (Å²) in [5.41, 5.74) is 0.991. The first-order valence-corrected chi connectivity index (χ1v) is 8.58. The normalized spacial score (nSPS) is 13.0. The molecule has 1 heterocycles. The van der Waals surface area contributed by atoms with Crippen molar-refractivity contribution in [3.8, 4) is 23.3 Å². The van der Waals surface area contributed by atoms with E-state index in [-0.39, 0.29) is 6.61 Å². The van der Waals surface area contributed by atoms with Gasteiger partial charge in [-0.05, 0) is 43.3 Å². The van der Waals surface area contributed by atoms with Crippen molar-refractivity contribution >= 4 is 17.6 Å². The first-order chi connectivity index (χ1) is 13.5. The van der Waals surface area contributed by atoms with E-state index in [0.29, 0.717) is 41.7 Å². The fraction of sp³-hybridized carbons (Fsp3) is 0.250. The van der Waals surface area contributed by atoms with Gasteiger partial charge >= 0.3 is 5.97 Å². The number of carbonyl (C=O) groups excluding carboxylic acids is 2. The van der Waals surface area contributed by atoms with Crippen molar-refractivity contribution in [3.05, 3.63) is 48.0 Å². The topological polar surface area (TPSA) is 107 Å². The summed E-state index contributed by atoms with van der Waals surface area (Å²) in [7, 11) is 0. The number of carbonyl (C=O) groups is 2. The molecule has 1 N–H and O–H groups in total. The van der Waals surface area contributed by atoms with E-state index in [1.54, 1.807) is 42.5 Å². The van der Waals surface area contributed by atoms with Crippen LogP contribution in [0.5, 0.6) is 17.2 Å². The molecule has 0 bridgehead atoms. The van der Waals surface area contributed by atoms with Crippen LogP contribution in [0.25, 0.3) is 0 Å². The van der Waals surface area contributed by atoms with E-state index in [1.165, 1.54) is 6.92 Å². The Bertz CT molecular complexity index is 904. The van der Waals surface area contributed by atoms with Crippen molar-refractivity contribution in [2.45, 2.75) is 13.0 Å². The average Bonchev–Trinajstić information content (AvgIpc) is 2.72. The number of hydrogen-bond donors (Lipinski definition) is 1. The molecule has 8 heteroatoms. The minimum absolute atomic E-state index is 0.354. The van der Waals surface area contributed by atoms with Crippen LogP contribution >= 0.6 is 0 Å². The predicted octanol–water partition coefficient (Wildman–Crippen LogP) is 2.28. The molecule has 1 aliphatic rings. The lowest BCUT2D eigenvalue weighted by Gasteiger charge is -2.19. The van der Waals surface area contributed by atoms with Crippen molar-refractivity contribution in [1.82, 2.24) is 0 Å². The van der Waals surface area contributed by atoms with Crippen LogP contribution < -0.4 is 19.5 Å². The Morgan fingerprint density at radius 1 is 1.14 bits per heavy atom. The van der Waals surface area contributed by atoms with Crippen molar-refractivity contribution < 1.29 is 28.5 Å². The molecule has 0 fully saturated rings. The van der Waals surface area contributed by atoms with Crippen LogP contribution in [0.4, 0.5) is 5.69 Å². The monoisotopic (exact) mass is 382 g/mol. The molecular formula is C20H18N2O6. The smallest absolute Gasteiger partial charge is 0.344 e. The van der Waals surface area contributed by atoms with Gasteiger partial charge in [0, 0.05) is 11.8 Å². The molecule has 1 aliphatic heterocycles. The zero-order valence-corrected chi connectivity index (χ0v) is 15.1. The fourth-order valence-corrected chi connectivity index (χ4v) is 2.42. The lowest BCUT2D eigenvalue weighted by molar-refractivity contribution is -0.155. The van der Waals surface area contributed by atoms with Gasteiger partial charge in [-0.1, -0.05) is 0 Å². The Morgan fingerprint density at radius 3 is 2.57 bits per heavy atom. The van der Waals surface area contributed by atoms with Gasteiger partial charge in [0.2, 0.25) is 0 Å². The Hall–Kier alpha value is -3.73. The third-order valence-corrected chi connectivity index (χ3v) is 3.83. The summed E-state index contributed by atoms with van der Waals surface area (Å²) < 4.78 is 21.2. The van der Waals surface area contributed by atoms with Crippen LogP contribution in [0.3, 0.4) is 0 Å². The van der Waals surface area contributed by atoms with Gasteiger partial charge in [-0.2, -0.15) is 5.26 Å². The van der Waals surface area contributed by atoms with E-state index in [2.05, 4.69) is 5.32 Å². The summed E-state index contributed by atoms with van der Waals surface area (Å²) in [6, 6.07) is 13.3. The fourth-order valence-electron chi connectivity index (χ4n) is 2.42. The highest BCUT2D eigenvalue weighted by atomic mass is 16.6. The summed E-state index contributed by atoms with van der Waals surface area (Å²) in [5.74, 6) is 0.412. The number of nitrogens with one attached hydrogen (secondary N) is 1. The van der Waals surface area contributed by atoms with Gasteiger partial charge in [-0.3, -0.25) is 4.79 Å². The SMILES string of the molecule is C[C@@H](OC(=O)COc1ccc(C#N)cc1)C(=O)Nc1ccc2c(c1)OCCO2. The molecule has 8 nitrogen and oxygen atoms in total. The third-order valence-electron chi connectivity index (χ3n) is 3.83. The number of nitrogens with zero attached hydrogens (tertiary/aromatic N) is 1. The van der Waals surface area contributed by atoms with Crippen molar-refractivity contribution in [1.29, 1.82) is 5.26 Å². The number of hydrogen-bond acceptors (Lipinski definition) is 7. The number of amides is 1. The molecule has 0 aromatic heterocycles. The number of ether oxygens (including phenoxy) is 4. The molecule has 2 aromatic rings. The van der Waals surface area contributed by atoms with E-state index in [0.717, 1.165) is 0 Å². The first-order valence-electron chi connectivity index (χ1n) is 8.58. The van der Waals surface area contributed by atoms with Crippen molar-refractivity contribution in [2.75, 3.05) is 25.1 Å². The molecule has 0 unspecified atom stereocenters. The second-order valence-electron chi connectivity index (χ2n) is 5.90. The molecule has 3 rings (SSSR count). The molecule has 28 heavy (non-hydrogen) atoms. The minimum atomic E-state index is -1.01.